The molecule has 1 aliphatic rings. The monoisotopic (exact) mass is 276 g/mol. The van der Waals surface area contributed by atoms with E-state index in [4.69, 9.17) is 10.5 Å². The van der Waals surface area contributed by atoms with Gasteiger partial charge in [-0.1, -0.05) is 6.92 Å². The average Bonchev–Trinajstić information content (AvgIpc) is 2.48. The molecule has 1 fully saturated rings. The first kappa shape index (κ1) is 15.0. The highest BCUT2D eigenvalue weighted by Gasteiger charge is 2.40. The van der Waals surface area contributed by atoms with Gasteiger partial charge in [0.2, 0.25) is 0 Å². The van der Waals surface area contributed by atoms with Crippen molar-refractivity contribution in [3.8, 4) is 5.75 Å². The van der Waals surface area contributed by atoms with Gasteiger partial charge < -0.3 is 10.5 Å². The normalized spacial score (nSPS) is 26.2. The first-order chi connectivity index (χ1) is 9.61. The van der Waals surface area contributed by atoms with Crippen molar-refractivity contribution >= 4 is 5.78 Å². The van der Waals surface area contributed by atoms with Crippen LogP contribution in [-0.2, 0) is 0 Å². The Kier molecular flexibility index (Phi) is 4.76. The molecule has 110 valence electrons. The lowest BCUT2D eigenvalue weighted by molar-refractivity contribution is 0.0694. The van der Waals surface area contributed by atoms with Gasteiger partial charge in [-0.05, 0) is 44.6 Å². The molecule has 2 N–H and O–H groups in total. The van der Waals surface area contributed by atoms with Crippen molar-refractivity contribution in [1.82, 2.24) is 4.98 Å². The third-order valence-electron chi connectivity index (χ3n) is 4.39. The second-order valence-corrected chi connectivity index (χ2v) is 5.84. The van der Waals surface area contributed by atoms with Crippen molar-refractivity contribution in [2.75, 3.05) is 13.2 Å². The van der Waals surface area contributed by atoms with Gasteiger partial charge in [0.1, 0.15) is 5.75 Å². The minimum absolute atomic E-state index is 0.126. The summed E-state index contributed by atoms with van der Waals surface area (Å²) >= 11 is 0. The molecular weight excluding hydrogens is 252 g/mol. The number of ketones is 1. The maximum Gasteiger partial charge on any atom is 0.171 e. The second-order valence-electron chi connectivity index (χ2n) is 5.84. The van der Waals surface area contributed by atoms with E-state index in [1.165, 1.54) is 0 Å². The number of Topliss-reactive ketones (excluding diaryl/α,β-unsaturated/α-hetero) is 1. The number of carbonyl (C=O) groups is 1. The molecule has 0 unspecified atom stereocenters. The average molecular weight is 276 g/mol. The number of hydrogen-bond acceptors (Lipinski definition) is 4. The zero-order valence-corrected chi connectivity index (χ0v) is 12.4. The van der Waals surface area contributed by atoms with Crippen LogP contribution in [0.15, 0.2) is 18.5 Å². The molecule has 0 spiro atoms. The molecule has 0 amide bonds. The molecule has 20 heavy (non-hydrogen) atoms. The van der Waals surface area contributed by atoms with E-state index in [0.717, 1.165) is 25.7 Å². The van der Waals surface area contributed by atoms with Crippen LogP contribution >= 0.6 is 0 Å². The van der Waals surface area contributed by atoms with Crippen molar-refractivity contribution < 1.29 is 9.53 Å². The molecule has 0 aromatic carbocycles. The molecule has 2 rings (SSSR count). The molecule has 0 radical (unpaired) electrons. The largest absolute Gasteiger partial charge is 0.492 e. The standard InChI is InChI=1S/C16H24N2O2/c1-3-20-14-8-13(9-18-10-14)15(19)16(11-17)6-4-12(2)5-7-16/h8-10,12H,3-7,11,17H2,1-2H3. The zero-order valence-electron chi connectivity index (χ0n) is 12.4. The van der Waals surface area contributed by atoms with E-state index in [-0.39, 0.29) is 5.78 Å². The number of carbonyl (C=O) groups excluding carboxylic acids is 1. The van der Waals surface area contributed by atoms with Crippen LogP contribution in [0, 0.1) is 11.3 Å². The first-order valence-electron chi connectivity index (χ1n) is 7.44. The number of ether oxygens (including phenoxy) is 1. The summed E-state index contributed by atoms with van der Waals surface area (Å²) in [5.41, 5.74) is 6.16. The van der Waals surface area contributed by atoms with Crippen LogP contribution in [0.3, 0.4) is 0 Å². The van der Waals surface area contributed by atoms with Gasteiger partial charge >= 0.3 is 0 Å². The summed E-state index contributed by atoms with van der Waals surface area (Å²) in [6.07, 6.45) is 7.16. The highest BCUT2D eigenvalue weighted by molar-refractivity contribution is 6.00. The molecule has 0 saturated heterocycles. The fraction of sp³-hybridized carbons (Fsp3) is 0.625. The molecule has 1 aromatic heterocycles. The molecule has 0 bridgehead atoms. The van der Waals surface area contributed by atoms with Crippen molar-refractivity contribution in [3.05, 3.63) is 24.0 Å². The molecular formula is C16H24N2O2. The van der Waals surface area contributed by atoms with E-state index in [1.807, 2.05) is 6.92 Å². The minimum atomic E-state index is -0.404. The molecule has 1 aliphatic carbocycles. The lowest BCUT2D eigenvalue weighted by Crippen LogP contribution is -2.41. The number of aromatic nitrogens is 1. The van der Waals surface area contributed by atoms with E-state index in [2.05, 4.69) is 11.9 Å². The lowest BCUT2D eigenvalue weighted by Gasteiger charge is -2.37. The third-order valence-corrected chi connectivity index (χ3v) is 4.39. The topological polar surface area (TPSA) is 65.2 Å². The Morgan fingerprint density at radius 3 is 2.75 bits per heavy atom. The van der Waals surface area contributed by atoms with Crippen molar-refractivity contribution in [1.29, 1.82) is 0 Å². The summed E-state index contributed by atoms with van der Waals surface area (Å²) in [7, 11) is 0. The van der Waals surface area contributed by atoms with Crippen LogP contribution in [0.25, 0.3) is 0 Å². The maximum atomic E-state index is 12.8. The third kappa shape index (κ3) is 3.01. The van der Waals surface area contributed by atoms with Gasteiger partial charge in [0.05, 0.1) is 12.8 Å². The number of nitrogens with two attached hydrogens (primary N) is 1. The van der Waals surface area contributed by atoms with Gasteiger partial charge in [-0.3, -0.25) is 9.78 Å². The molecule has 1 heterocycles. The van der Waals surface area contributed by atoms with Gasteiger partial charge in [0, 0.05) is 23.7 Å². The van der Waals surface area contributed by atoms with Crippen LogP contribution in [0.4, 0.5) is 0 Å². The van der Waals surface area contributed by atoms with Crippen molar-refractivity contribution in [2.24, 2.45) is 17.1 Å². The predicted octanol–water partition coefficient (Wildman–Crippen LogP) is 2.82. The first-order valence-corrected chi connectivity index (χ1v) is 7.44. The Labute approximate surface area is 120 Å². The quantitative estimate of drug-likeness (QED) is 0.840. The summed E-state index contributed by atoms with van der Waals surface area (Å²) in [5.74, 6) is 1.46. The summed E-state index contributed by atoms with van der Waals surface area (Å²) in [5, 5.41) is 0. The Balaban J connectivity index is 2.22. The van der Waals surface area contributed by atoms with E-state index < -0.39 is 5.41 Å². The Morgan fingerprint density at radius 2 is 2.15 bits per heavy atom. The van der Waals surface area contributed by atoms with Crippen molar-refractivity contribution in [3.63, 3.8) is 0 Å². The van der Waals surface area contributed by atoms with Crippen LogP contribution < -0.4 is 10.5 Å². The molecule has 0 aliphatic heterocycles. The summed E-state index contributed by atoms with van der Waals surface area (Å²) < 4.78 is 5.42. The van der Waals surface area contributed by atoms with Gasteiger partial charge in [-0.15, -0.1) is 0 Å². The van der Waals surface area contributed by atoms with E-state index >= 15 is 0 Å². The lowest BCUT2D eigenvalue weighted by atomic mass is 9.67. The zero-order chi connectivity index (χ0) is 14.6. The van der Waals surface area contributed by atoms with Crippen LogP contribution in [0.5, 0.6) is 5.75 Å². The van der Waals surface area contributed by atoms with Gasteiger partial charge in [0.15, 0.2) is 5.78 Å². The minimum Gasteiger partial charge on any atom is -0.492 e. The number of pyridine rings is 1. The van der Waals surface area contributed by atoms with E-state index in [1.54, 1.807) is 18.5 Å². The van der Waals surface area contributed by atoms with Gasteiger partial charge in [-0.2, -0.15) is 0 Å². The van der Waals surface area contributed by atoms with Gasteiger partial charge in [-0.25, -0.2) is 0 Å². The summed E-state index contributed by atoms with van der Waals surface area (Å²) in [6.45, 7) is 5.14. The molecule has 1 saturated carbocycles. The highest BCUT2D eigenvalue weighted by Crippen LogP contribution is 2.40. The second kappa shape index (κ2) is 6.35. The smallest absolute Gasteiger partial charge is 0.171 e. The van der Waals surface area contributed by atoms with Crippen LogP contribution in [-0.4, -0.2) is 23.9 Å². The Morgan fingerprint density at radius 1 is 1.45 bits per heavy atom. The number of hydrogen-bond donors (Lipinski definition) is 1. The van der Waals surface area contributed by atoms with E-state index in [9.17, 15) is 4.79 Å². The van der Waals surface area contributed by atoms with Crippen molar-refractivity contribution in [2.45, 2.75) is 39.5 Å². The highest BCUT2D eigenvalue weighted by atomic mass is 16.5. The molecule has 1 aromatic rings. The molecule has 0 atom stereocenters. The number of rotatable bonds is 5. The SMILES string of the molecule is CCOc1cncc(C(=O)C2(CN)CCC(C)CC2)c1. The number of nitrogens with zero attached hydrogens (tertiary/aromatic N) is 1. The summed E-state index contributed by atoms with van der Waals surface area (Å²) in [4.78, 5) is 17.0. The molecule has 4 heteroatoms. The maximum absolute atomic E-state index is 12.8. The van der Waals surface area contributed by atoms with Crippen LogP contribution in [0.2, 0.25) is 0 Å². The fourth-order valence-corrected chi connectivity index (χ4v) is 2.93. The van der Waals surface area contributed by atoms with Gasteiger partial charge in [0.25, 0.3) is 0 Å². The molecule has 4 nitrogen and oxygen atoms in total. The van der Waals surface area contributed by atoms with E-state index in [0.29, 0.717) is 30.4 Å². The Bertz CT molecular complexity index is 465. The summed E-state index contributed by atoms with van der Waals surface area (Å²) in [6, 6.07) is 1.79. The fourth-order valence-electron chi connectivity index (χ4n) is 2.93. The predicted molar refractivity (Wildman–Crippen MR) is 78.9 cm³/mol. The Hall–Kier alpha value is -1.42. The van der Waals surface area contributed by atoms with Crippen LogP contribution in [0.1, 0.15) is 49.9 Å².